The van der Waals surface area contributed by atoms with Gasteiger partial charge >= 0.3 is 5.97 Å². The lowest BCUT2D eigenvalue weighted by Crippen LogP contribution is -2.22. The van der Waals surface area contributed by atoms with Crippen molar-refractivity contribution in [1.29, 1.82) is 0 Å². The van der Waals surface area contributed by atoms with E-state index in [-0.39, 0.29) is 11.1 Å². The Labute approximate surface area is 120 Å². The first-order valence-electron chi connectivity index (χ1n) is 6.15. The largest absolute Gasteiger partial charge is 0.497 e. The van der Waals surface area contributed by atoms with Crippen molar-refractivity contribution in [3.8, 4) is 17.0 Å². The van der Waals surface area contributed by atoms with E-state index in [1.54, 1.807) is 25.3 Å². The van der Waals surface area contributed by atoms with E-state index in [1.165, 1.54) is 17.8 Å². The number of hydrogen-bond acceptors (Lipinski definition) is 4. The maximum Gasteiger partial charge on any atom is 0.328 e. The van der Waals surface area contributed by atoms with Crippen LogP contribution in [0.25, 0.3) is 17.3 Å². The molecule has 0 aliphatic heterocycles. The van der Waals surface area contributed by atoms with Crippen LogP contribution in [0.1, 0.15) is 5.56 Å². The smallest absolute Gasteiger partial charge is 0.328 e. The Morgan fingerprint density at radius 2 is 2.00 bits per heavy atom. The molecule has 2 aromatic rings. The fourth-order valence-electron chi connectivity index (χ4n) is 1.82. The zero-order chi connectivity index (χ0) is 15.4. The highest BCUT2D eigenvalue weighted by Gasteiger charge is 2.07. The number of aliphatic carboxylic acids is 1. The van der Waals surface area contributed by atoms with Crippen molar-refractivity contribution in [2.75, 3.05) is 7.11 Å². The van der Waals surface area contributed by atoms with E-state index in [4.69, 9.17) is 9.84 Å². The van der Waals surface area contributed by atoms with Crippen molar-refractivity contribution in [2.24, 2.45) is 7.05 Å². The summed E-state index contributed by atoms with van der Waals surface area (Å²) >= 11 is 0. The molecule has 0 spiro atoms. The maximum atomic E-state index is 11.9. The number of nitrogens with zero attached hydrogens (tertiary/aromatic N) is 2. The van der Waals surface area contributed by atoms with E-state index in [9.17, 15) is 9.59 Å². The van der Waals surface area contributed by atoms with Gasteiger partial charge in [-0.2, -0.15) is 5.10 Å². The molecule has 0 amide bonds. The van der Waals surface area contributed by atoms with Crippen molar-refractivity contribution in [2.45, 2.75) is 0 Å². The number of rotatable bonds is 4. The summed E-state index contributed by atoms with van der Waals surface area (Å²) in [6.07, 6.45) is 2.19. The van der Waals surface area contributed by atoms with Gasteiger partial charge in [-0.3, -0.25) is 4.79 Å². The molecule has 0 radical (unpaired) electrons. The molecule has 21 heavy (non-hydrogen) atoms. The van der Waals surface area contributed by atoms with Crippen molar-refractivity contribution >= 4 is 12.0 Å². The van der Waals surface area contributed by atoms with Crippen LogP contribution in [0.4, 0.5) is 0 Å². The Morgan fingerprint density at radius 3 is 2.57 bits per heavy atom. The molecule has 1 aromatic heterocycles. The number of benzene rings is 1. The predicted molar refractivity (Wildman–Crippen MR) is 78.1 cm³/mol. The van der Waals surface area contributed by atoms with Crippen LogP contribution in [0.3, 0.4) is 0 Å². The maximum absolute atomic E-state index is 11.9. The highest BCUT2D eigenvalue weighted by atomic mass is 16.5. The van der Waals surface area contributed by atoms with E-state index < -0.39 is 5.97 Å². The molecule has 0 saturated carbocycles. The molecule has 0 atom stereocenters. The highest BCUT2D eigenvalue weighted by Crippen LogP contribution is 2.20. The van der Waals surface area contributed by atoms with Gasteiger partial charge < -0.3 is 9.84 Å². The molecular formula is C15H14N2O4. The number of methoxy groups -OCH3 is 1. The van der Waals surface area contributed by atoms with Gasteiger partial charge in [-0.1, -0.05) is 0 Å². The number of aromatic nitrogens is 2. The van der Waals surface area contributed by atoms with E-state index in [0.717, 1.165) is 17.4 Å². The van der Waals surface area contributed by atoms with Crippen LogP contribution in [0.5, 0.6) is 5.75 Å². The van der Waals surface area contributed by atoms with Crippen LogP contribution >= 0.6 is 0 Å². The third kappa shape index (κ3) is 3.36. The Hall–Kier alpha value is -2.89. The molecule has 1 N–H and O–H groups in total. The fraction of sp³-hybridized carbons (Fsp3) is 0.133. The molecule has 0 unspecified atom stereocenters. The molecule has 0 bridgehead atoms. The molecule has 6 heteroatoms. The lowest BCUT2D eigenvalue weighted by molar-refractivity contribution is -0.131. The van der Waals surface area contributed by atoms with Gasteiger partial charge in [0.2, 0.25) is 0 Å². The minimum absolute atomic E-state index is 0.265. The average Bonchev–Trinajstić information content (AvgIpc) is 2.48. The van der Waals surface area contributed by atoms with Gasteiger partial charge in [0.25, 0.3) is 5.56 Å². The van der Waals surface area contributed by atoms with E-state index in [2.05, 4.69) is 5.10 Å². The third-order valence-corrected chi connectivity index (χ3v) is 2.88. The summed E-state index contributed by atoms with van der Waals surface area (Å²) in [5, 5.41) is 12.8. The number of carboxylic acids is 1. The lowest BCUT2D eigenvalue weighted by atomic mass is 10.1. The molecular weight excluding hydrogens is 272 g/mol. The quantitative estimate of drug-likeness (QED) is 0.862. The molecule has 1 heterocycles. The zero-order valence-corrected chi connectivity index (χ0v) is 11.6. The molecule has 2 rings (SSSR count). The van der Waals surface area contributed by atoms with Crippen LogP contribution in [-0.4, -0.2) is 28.0 Å². The number of hydrogen-bond donors (Lipinski definition) is 1. The second-order valence-corrected chi connectivity index (χ2v) is 4.31. The second kappa shape index (κ2) is 6.04. The number of carbonyl (C=O) groups is 1. The van der Waals surface area contributed by atoms with Gasteiger partial charge in [0.1, 0.15) is 5.75 Å². The first kappa shape index (κ1) is 14.5. The summed E-state index contributed by atoms with van der Waals surface area (Å²) in [5.41, 5.74) is 1.28. The van der Waals surface area contributed by atoms with Crippen LogP contribution in [0, 0.1) is 0 Å². The van der Waals surface area contributed by atoms with E-state index in [0.29, 0.717) is 5.69 Å². The van der Waals surface area contributed by atoms with E-state index in [1.807, 2.05) is 12.1 Å². The topological polar surface area (TPSA) is 81.4 Å². The number of aryl methyl sites for hydroxylation is 1. The van der Waals surface area contributed by atoms with Crippen molar-refractivity contribution in [3.05, 3.63) is 52.3 Å². The normalized spacial score (nSPS) is 10.8. The van der Waals surface area contributed by atoms with Crippen LogP contribution < -0.4 is 10.3 Å². The average molecular weight is 286 g/mol. The Bertz CT molecular complexity index is 745. The molecule has 0 aliphatic rings. The molecule has 1 aromatic carbocycles. The van der Waals surface area contributed by atoms with Crippen molar-refractivity contribution in [3.63, 3.8) is 0 Å². The fourth-order valence-corrected chi connectivity index (χ4v) is 1.82. The number of carboxylic acid groups (broad SMARTS) is 1. The molecule has 108 valence electrons. The van der Waals surface area contributed by atoms with Crippen LogP contribution in [-0.2, 0) is 11.8 Å². The Balaban J connectivity index is 2.49. The third-order valence-electron chi connectivity index (χ3n) is 2.88. The van der Waals surface area contributed by atoms with Crippen molar-refractivity contribution in [1.82, 2.24) is 9.78 Å². The van der Waals surface area contributed by atoms with Gasteiger partial charge in [-0.15, -0.1) is 0 Å². The molecule has 6 nitrogen and oxygen atoms in total. The molecule has 0 fully saturated rings. The van der Waals surface area contributed by atoms with Gasteiger partial charge in [-0.25, -0.2) is 9.48 Å². The summed E-state index contributed by atoms with van der Waals surface area (Å²) in [6, 6.07) is 8.76. The highest BCUT2D eigenvalue weighted by molar-refractivity contribution is 5.85. The Morgan fingerprint density at radius 1 is 1.33 bits per heavy atom. The first-order valence-corrected chi connectivity index (χ1v) is 6.15. The molecule has 0 saturated heterocycles. The lowest BCUT2D eigenvalue weighted by Gasteiger charge is -2.06. The zero-order valence-electron chi connectivity index (χ0n) is 11.6. The number of ether oxygens (including phenoxy) is 1. The SMILES string of the molecule is COc1ccc(-c2cc(/C=C/C(=O)O)c(=O)n(C)n2)cc1. The van der Waals surface area contributed by atoms with Crippen LogP contribution in [0.15, 0.2) is 41.2 Å². The molecule has 0 aliphatic carbocycles. The summed E-state index contributed by atoms with van der Waals surface area (Å²) in [6.45, 7) is 0. The summed E-state index contributed by atoms with van der Waals surface area (Å²) < 4.78 is 6.27. The summed E-state index contributed by atoms with van der Waals surface area (Å²) in [4.78, 5) is 22.5. The predicted octanol–water partition coefficient (Wildman–Crippen LogP) is 1.55. The standard InChI is InChI=1S/C15H14N2O4/c1-17-15(20)11(5-8-14(18)19)9-13(16-17)10-3-6-12(21-2)7-4-10/h3-9H,1-2H3,(H,18,19)/b8-5+. The van der Waals surface area contributed by atoms with Gasteiger partial charge in [0, 0.05) is 24.3 Å². The van der Waals surface area contributed by atoms with Crippen LogP contribution in [0.2, 0.25) is 0 Å². The van der Waals surface area contributed by atoms with Gasteiger partial charge in [-0.05, 0) is 36.4 Å². The first-order chi connectivity index (χ1) is 10.0. The van der Waals surface area contributed by atoms with E-state index >= 15 is 0 Å². The minimum Gasteiger partial charge on any atom is -0.497 e. The van der Waals surface area contributed by atoms with Gasteiger partial charge in [0.05, 0.1) is 12.8 Å². The summed E-state index contributed by atoms with van der Waals surface area (Å²) in [5.74, 6) is -0.394. The minimum atomic E-state index is -1.11. The monoisotopic (exact) mass is 286 g/mol. The Kier molecular flexibility index (Phi) is 4.18. The van der Waals surface area contributed by atoms with Crippen molar-refractivity contribution < 1.29 is 14.6 Å². The summed E-state index contributed by atoms with van der Waals surface area (Å²) in [7, 11) is 3.10. The second-order valence-electron chi connectivity index (χ2n) is 4.31. The van der Waals surface area contributed by atoms with Gasteiger partial charge in [0.15, 0.2) is 0 Å².